The highest BCUT2D eigenvalue weighted by atomic mass is 32.2. The Balaban J connectivity index is 2.24. The molecular formula is C20H32N2O4S. The van der Waals surface area contributed by atoms with Gasteiger partial charge in [-0.15, -0.1) is 0 Å². The molecule has 1 amide bonds. The van der Waals surface area contributed by atoms with E-state index in [1.807, 2.05) is 6.92 Å². The van der Waals surface area contributed by atoms with E-state index in [0.29, 0.717) is 17.9 Å². The van der Waals surface area contributed by atoms with Crippen LogP contribution in [0.2, 0.25) is 0 Å². The molecule has 1 atom stereocenters. The van der Waals surface area contributed by atoms with Crippen LogP contribution in [0.1, 0.15) is 58.3 Å². The number of methoxy groups -OCH3 is 1. The van der Waals surface area contributed by atoms with Gasteiger partial charge in [0.2, 0.25) is 15.9 Å². The largest absolute Gasteiger partial charge is 0.497 e. The van der Waals surface area contributed by atoms with E-state index in [2.05, 4.69) is 5.32 Å². The third-order valence-electron chi connectivity index (χ3n) is 5.09. The van der Waals surface area contributed by atoms with Crippen molar-refractivity contribution < 1.29 is 17.9 Å². The van der Waals surface area contributed by atoms with Crippen molar-refractivity contribution in [3.63, 3.8) is 0 Å². The molecule has 1 saturated carbocycles. The molecule has 0 spiro atoms. The Bertz CT molecular complexity index is 712. The van der Waals surface area contributed by atoms with Gasteiger partial charge in [0.15, 0.2) is 0 Å². The predicted molar refractivity (Wildman–Crippen MR) is 109 cm³/mol. The SMILES string of the molecule is CC[C@@H](C(=O)NC1CCCCCCC1)N(c1cccc(OC)c1)S(C)(=O)=O. The number of anilines is 1. The number of hydrogen-bond acceptors (Lipinski definition) is 4. The first-order valence-electron chi connectivity index (χ1n) is 9.80. The first kappa shape index (κ1) is 21.5. The summed E-state index contributed by atoms with van der Waals surface area (Å²) in [4.78, 5) is 13.0. The molecule has 1 N–H and O–H groups in total. The van der Waals surface area contributed by atoms with Gasteiger partial charge >= 0.3 is 0 Å². The Kier molecular flexibility index (Phi) is 7.95. The minimum absolute atomic E-state index is 0.124. The minimum atomic E-state index is -3.64. The molecule has 0 unspecified atom stereocenters. The number of sulfonamides is 1. The number of nitrogens with zero attached hydrogens (tertiary/aromatic N) is 1. The van der Waals surface area contributed by atoms with Gasteiger partial charge in [-0.05, 0) is 31.4 Å². The molecule has 0 heterocycles. The van der Waals surface area contributed by atoms with Crippen LogP contribution in [0, 0.1) is 0 Å². The van der Waals surface area contributed by atoms with Crippen LogP contribution >= 0.6 is 0 Å². The molecule has 1 aliphatic rings. The number of benzene rings is 1. The number of amides is 1. The van der Waals surface area contributed by atoms with Gasteiger partial charge in [-0.2, -0.15) is 0 Å². The van der Waals surface area contributed by atoms with E-state index in [9.17, 15) is 13.2 Å². The predicted octanol–water partition coefficient (Wildman–Crippen LogP) is 3.47. The van der Waals surface area contributed by atoms with Crippen LogP contribution in [0.25, 0.3) is 0 Å². The number of nitrogens with one attached hydrogen (secondary N) is 1. The van der Waals surface area contributed by atoms with Crippen molar-refractivity contribution in [2.24, 2.45) is 0 Å². The lowest BCUT2D eigenvalue weighted by molar-refractivity contribution is -0.123. The highest BCUT2D eigenvalue weighted by Gasteiger charge is 2.32. The third kappa shape index (κ3) is 6.13. The molecule has 1 aromatic carbocycles. The molecule has 2 rings (SSSR count). The Morgan fingerprint density at radius 3 is 2.41 bits per heavy atom. The summed E-state index contributed by atoms with van der Waals surface area (Å²) in [7, 11) is -2.11. The van der Waals surface area contributed by atoms with Gasteiger partial charge in [-0.3, -0.25) is 9.10 Å². The van der Waals surface area contributed by atoms with Crippen molar-refractivity contribution in [2.75, 3.05) is 17.7 Å². The maximum atomic E-state index is 13.0. The zero-order valence-corrected chi connectivity index (χ0v) is 17.4. The second-order valence-electron chi connectivity index (χ2n) is 7.23. The van der Waals surface area contributed by atoms with E-state index in [1.165, 1.54) is 30.7 Å². The van der Waals surface area contributed by atoms with E-state index in [-0.39, 0.29) is 11.9 Å². The number of hydrogen-bond donors (Lipinski definition) is 1. The van der Waals surface area contributed by atoms with Crippen LogP contribution in [0.3, 0.4) is 0 Å². The summed E-state index contributed by atoms with van der Waals surface area (Å²) < 4.78 is 31.5. The normalized spacial score (nSPS) is 17.4. The summed E-state index contributed by atoms with van der Waals surface area (Å²) in [5.41, 5.74) is 0.441. The number of carbonyl (C=O) groups is 1. The first-order chi connectivity index (χ1) is 12.9. The zero-order chi connectivity index (χ0) is 19.9. The lowest BCUT2D eigenvalue weighted by atomic mass is 9.96. The van der Waals surface area contributed by atoms with E-state index >= 15 is 0 Å². The topological polar surface area (TPSA) is 75.7 Å². The van der Waals surface area contributed by atoms with Gasteiger partial charge in [-0.1, -0.05) is 45.1 Å². The van der Waals surface area contributed by atoms with Gasteiger partial charge in [0.05, 0.1) is 19.1 Å². The van der Waals surface area contributed by atoms with Gasteiger partial charge < -0.3 is 10.1 Å². The summed E-state index contributed by atoms with van der Waals surface area (Å²) >= 11 is 0. The van der Waals surface area contributed by atoms with E-state index < -0.39 is 16.1 Å². The zero-order valence-electron chi connectivity index (χ0n) is 16.6. The standard InChI is InChI=1S/C20H32N2O4S/c1-4-19(20(23)21-16-11-8-6-5-7-9-12-16)22(27(3,24)25)17-13-10-14-18(15-17)26-2/h10,13-16,19H,4-9,11-12H2,1-3H3,(H,21,23)/t19-/m0/s1. The molecule has 1 aliphatic carbocycles. The smallest absolute Gasteiger partial charge is 0.244 e. The van der Waals surface area contributed by atoms with Crippen LogP contribution in [0.5, 0.6) is 5.75 Å². The van der Waals surface area contributed by atoms with Crippen LogP contribution in [0.4, 0.5) is 5.69 Å². The van der Waals surface area contributed by atoms with Gasteiger partial charge in [-0.25, -0.2) is 8.42 Å². The maximum absolute atomic E-state index is 13.0. The molecule has 0 aliphatic heterocycles. The molecule has 152 valence electrons. The molecule has 0 saturated heterocycles. The van der Waals surface area contributed by atoms with Crippen molar-refractivity contribution in [1.29, 1.82) is 0 Å². The Labute approximate surface area is 163 Å². The molecule has 7 heteroatoms. The van der Waals surface area contributed by atoms with Gasteiger partial charge in [0.1, 0.15) is 11.8 Å². The van der Waals surface area contributed by atoms with Crippen LogP contribution in [-0.4, -0.2) is 39.8 Å². The fraction of sp³-hybridized carbons (Fsp3) is 0.650. The highest BCUT2D eigenvalue weighted by molar-refractivity contribution is 7.92. The van der Waals surface area contributed by atoms with Crippen molar-refractivity contribution in [3.8, 4) is 5.75 Å². The fourth-order valence-corrected chi connectivity index (χ4v) is 4.91. The van der Waals surface area contributed by atoms with Crippen molar-refractivity contribution in [1.82, 2.24) is 5.32 Å². The summed E-state index contributed by atoms with van der Waals surface area (Å²) in [6, 6.07) is 6.16. The number of ether oxygens (including phenoxy) is 1. The monoisotopic (exact) mass is 396 g/mol. The molecule has 0 radical (unpaired) electrons. The summed E-state index contributed by atoms with van der Waals surface area (Å²) in [6.45, 7) is 1.83. The van der Waals surface area contributed by atoms with E-state index in [1.54, 1.807) is 24.3 Å². The van der Waals surface area contributed by atoms with Crippen molar-refractivity contribution >= 4 is 21.6 Å². The molecule has 1 fully saturated rings. The summed E-state index contributed by atoms with van der Waals surface area (Å²) in [5, 5.41) is 3.11. The average molecular weight is 397 g/mol. The van der Waals surface area contributed by atoms with E-state index in [0.717, 1.165) is 31.9 Å². The summed E-state index contributed by atoms with van der Waals surface area (Å²) in [6.07, 6.45) is 9.31. The van der Waals surface area contributed by atoms with Crippen molar-refractivity contribution in [3.05, 3.63) is 24.3 Å². The fourth-order valence-electron chi connectivity index (χ4n) is 3.71. The van der Waals surface area contributed by atoms with Crippen molar-refractivity contribution in [2.45, 2.75) is 70.4 Å². The number of rotatable bonds is 7. The van der Waals surface area contributed by atoms with Crippen LogP contribution in [0.15, 0.2) is 24.3 Å². The quantitative estimate of drug-likeness (QED) is 0.766. The molecule has 0 aromatic heterocycles. The lowest BCUT2D eigenvalue weighted by Crippen LogP contribution is -2.51. The number of carbonyl (C=O) groups excluding carboxylic acids is 1. The molecule has 1 aromatic rings. The Hall–Kier alpha value is -1.76. The van der Waals surface area contributed by atoms with Crippen LogP contribution < -0.4 is 14.4 Å². The maximum Gasteiger partial charge on any atom is 0.244 e. The minimum Gasteiger partial charge on any atom is -0.497 e. The third-order valence-corrected chi connectivity index (χ3v) is 6.27. The molecule has 27 heavy (non-hydrogen) atoms. The second-order valence-corrected chi connectivity index (χ2v) is 9.09. The molecule has 6 nitrogen and oxygen atoms in total. The molecule has 0 bridgehead atoms. The Morgan fingerprint density at radius 2 is 1.85 bits per heavy atom. The van der Waals surface area contributed by atoms with Gasteiger partial charge in [0.25, 0.3) is 0 Å². The second kappa shape index (κ2) is 9.97. The first-order valence-corrected chi connectivity index (χ1v) is 11.7. The Morgan fingerprint density at radius 1 is 1.22 bits per heavy atom. The van der Waals surface area contributed by atoms with Crippen LogP contribution in [-0.2, 0) is 14.8 Å². The summed E-state index contributed by atoms with van der Waals surface area (Å²) in [5.74, 6) is 0.327. The molecular weight excluding hydrogens is 364 g/mol. The van der Waals surface area contributed by atoms with Gasteiger partial charge in [0, 0.05) is 12.1 Å². The average Bonchev–Trinajstić information content (AvgIpc) is 2.60. The lowest BCUT2D eigenvalue weighted by Gasteiger charge is -2.32. The highest BCUT2D eigenvalue weighted by Crippen LogP contribution is 2.27. The van der Waals surface area contributed by atoms with E-state index in [4.69, 9.17) is 4.74 Å².